The van der Waals surface area contributed by atoms with E-state index in [0.717, 1.165) is 44.8 Å². The van der Waals surface area contributed by atoms with E-state index < -0.39 is 0 Å². The quantitative estimate of drug-likeness (QED) is 0.162. The molecule has 0 bridgehead atoms. The van der Waals surface area contributed by atoms with E-state index >= 15 is 0 Å². The average molecular weight is 824 g/mol. The molecule has 0 fully saturated rings. The topological polar surface area (TPSA) is 30.7 Å². The van der Waals surface area contributed by atoms with Crippen LogP contribution in [0.3, 0.4) is 0 Å². The van der Waals surface area contributed by atoms with Crippen LogP contribution in [0.15, 0.2) is 224 Å². The zero-order chi connectivity index (χ0) is 42.6. The smallest absolute Gasteiger partial charge is 0.162 e. The molecule has 0 aliphatic carbocycles. The molecule has 0 amide bonds. The molecule has 0 atom stereocenters. The fourth-order valence-electron chi connectivity index (χ4n) is 10.7. The maximum Gasteiger partial charge on any atom is 0.162 e. The second-order valence-corrected chi connectivity index (χ2v) is 17.3. The number of para-hydroxylation sites is 2. The van der Waals surface area contributed by atoms with Crippen LogP contribution in [0.25, 0.3) is 137 Å². The highest BCUT2D eigenvalue weighted by Gasteiger charge is 2.19. The monoisotopic (exact) mass is 823 g/mol. The summed E-state index contributed by atoms with van der Waals surface area (Å²) in [7, 11) is 0. The lowest BCUT2D eigenvalue weighted by Crippen LogP contribution is -2.02. The van der Waals surface area contributed by atoms with E-state index in [-0.39, 0.29) is 0 Å². The molecule has 2 aromatic heterocycles. The van der Waals surface area contributed by atoms with E-state index in [2.05, 4.69) is 211 Å². The van der Waals surface area contributed by atoms with Gasteiger partial charge in [0.15, 0.2) is 5.82 Å². The highest BCUT2D eigenvalue weighted by Crippen LogP contribution is 2.45. The number of rotatable bonds is 5. The van der Waals surface area contributed by atoms with Gasteiger partial charge in [-0.3, -0.25) is 4.57 Å². The lowest BCUT2D eigenvalue weighted by atomic mass is 9.86. The van der Waals surface area contributed by atoms with E-state index in [1.807, 2.05) is 18.2 Å². The van der Waals surface area contributed by atoms with E-state index in [1.165, 1.54) is 86.5 Å². The molecule has 2 heterocycles. The first-order valence-corrected chi connectivity index (χ1v) is 22.3. The first kappa shape index (κ1) is 35.9. The second kappa shape index (κ2) is 13.9. The lowest BCUT2D eigenvalue weighted by Gasteiger charge is -2.17. The normalized spacial score (nSPS) is 12.0. The van der Waals surface area contributed by atoms with Crippen LogP contribution in [-0.2, 0) is 0 Å². The molecule has 14 rings (SSSR count). The number of hydrogen-bond donors (Lipinski definition) is 0. The van der Waals surface area contributed by atoms with Crippen molar-refractivity contribution in [2.75, 3.05) is 0 Å². The maximum absolute atomic E-state index is 5.22. The first-order chi connectivity index (χ1) is 32.2. The van der Waals surface area contributed by atoms with E-state index in [4.69, 9.17) is 9.97 Å². The predicted molar refractivity (Wildman–Crippen MR) is 274 cm³/mol. The molecule has 0 saturated carbocycles. The summed E-state index contributed by atoms with van der Waals surface area (Å²) in [5.41, 5.74) is 9.82. The summed E-state index contributed by atoms with van der Waals surface area (Å²) in [4.78, 5) is 10.4. The molecular formula is C62H37N3. The molecule has 0 spiro atoms. The van der Waals surface area contributed by atoms with Gasteiger partial charge in [0.05, 0.1) is 16.7 Å². The van der Waals surface area contributed by atoms with Crippen molar-refractivity contribution >= 4 is 86.4 Å². The van der Waals surface area contributed by atoms with Crippen molar-refractivity contribution in [2.45, 2.75) is 0 Å². The minimum Gasteiger partial charge on any atom is -0.294 e. The fourth-order valence-corrected chi connectivity index (χ4v) is 10.7. The fraction of sp³-hybridized carbons (Fsp3) is 0. The molecule has 14 aromatic rings. The van der Waals surface area contributed by atoms with Gasteiger partial charge < -0.3 is 0 Å². The third-order valence-electron chi connectivity index (χ3n) is 13.7. The number of nitrogens with zero attached hydrogens (tertiary/aromatic N) is 3. The van der Waals surface area contributed by atoms with Gasteiger partial charge in [0, 0.05) is 28.0 Å². The van der Waals surface area contributed by atoms with Crippen LogP contribution in [0, 0.1) is 0 Å². The highest BCUT2D eigenvalue weighted by atomic mass is 15.1. The van der Waals surface area contributed by atoms with Crippen LogP contribution in [0.4, 0.5) is 0 Å². The second-order valence-electron chi connectivity index (χ2n) is 17.3. The molecule has 300 valence electrons. The van der Waals surface area contributed by atoms with Crippen LogP contribution >= 0.6 is 0 Å². The number of benzene rings is 11. The Morgan fingerprint density at radius 2 is 0.738 bits per heavy atom. The zero-order valence-electron chi connectivity index (χ0n) is 35.2. The molecule has 0 unspecified atom stereocenters. The van der Waals surface area contributed by atoms with Gasteiger partial charge in [-0.05, 0) is 117 Å². The number of hydrogen-bond acceptors (Lipinski definition) is 2. The van der Waals surface area contributed by atoms with Gasteiger partial charge >= 0.3 is 0 Å². The zero-order valence-corrected chi connectivity index (χ0v) is 35.2. The summed E-state index contributed by atoms with van der Waals surface area (Å²) in [6.45, 7) is 0. The summed E-state index contributed by atoms with van der Waals surface area (Å²) < 4.78 is 2.27. The van der Waals surface area contributed by atoms with Crippen molar-refractivity contribution < 1.29 is 0 Å². The molecule has 0 aliphatic rings. The summed E-state index contributed by atoms with van der Waals surface area (Å²) >= 11 is 0. The Bertz CT molecular complexity index is 4160. The van der Waals surface area contributed by atoms with Gasteiger partial charge in [0.2, 0.25) is 0 Å². The SMILES string of the molecule is c1ccc(-c2nc(-c3ccc(-c4cccc(-c5cc6ccc7cccc8c9cccc%10ccc%11cccc(c(c5)c6c78)c%11c%109)c4)cc3)cc(-n3c4ccccc4c4ccccc43)n2)cc1. The molecule has 0 N–H and O–H groups in total. The molecule has 3 heteroatoms. The molecule has 0 aliphatic heterocycles. The standard InChI is InChI=1S/C62H37N3/c1-2-12-43(13-3-1)62-63-54(37-57(64-62)65-55-24-6-4-19-48(55)49-20-5-7-25-56(49)65)39-28-26-38(27-29-39)44-17-8-18-45(34-44)47-35-46-33-32-42-15-10-22-51-50-21-9-14-40-30-31-41-16-11-23-52(60(41)58(40)50)53(36-47)61(46)59(42)51/h1-37H. The van der Waals surface area contributed by atoms with Gasteiger partial charge in [-0.1, -0.05) is 188 Å². The Labute approximate surface area is 374 Å². The molecule has 0 saturated heterocycles. The van der Waals surface area contributed by atoms with Gasteiger partial charge in [-0.2, -0.15) is 0 Å². The van der Waals surface area contributed by atoms with Crippen molar-refractivity contribution in [3.8, 4) is 50.7 Å². The number of aromatic nitrogens is 3. The minimum absolute atomic E-state index is 0.693. The van der Waals surface area contributed by atoms with Crippen molar-refractivity contribution in [1.82, 2.24) is 14.5 Å². The lowest BCUT2D eigenvalue weighted by molar-refractivity contribution is 1.05. The highest BCUT2D eigenvalue weighted by molar-refractivity contribution is 6.37. The molecule has 0 radical (unpaired) electrons. The average Bonchev–Trinajstić information content (AvgIpc) is 3.72. The Kier molecular flexibility index (Phi) is 7.69. The van der Waals surface area contributed by atoms with Gasteiger partial charge in [0.25, 0.3) is 0 Å². The van der Waals surface area contributed by atoms with Crippen LogP contribution in [0.1, 0.15) is 0 Å². The third kappa shape index (κ3) is 5.49. The minimum atomic E-state index is 0.693. The Balaban J connectivity index is 0.913. The van der Waals surface area contributed by atoms with Gasteiger partial charge in [-0.15, -0.1) is 0 Å². The third-order valence-corrected chi connectivity index (χ3v) is 13.7. The maximum atomic E-state index is 5.22. The van der Waals surface area contributed by atoms with Crippen LogP contribution < -0.4 is 0 Å². The van der Waals surface area contributed by atoms with E-state index in [0.29, 0.717) is 5.82 Å². The van der Waals surface area contributed by atoms with E-state index in [9.17, 15) is 0 Å². The van der Waals surface area contributed by atoms with Crippen LogP contribution in [-0.4, -0.2) is 14.5 Å². The Morgan fingerprint density at radius 1 is 0.262 bits per heavy atom. The summed E-state index contributed by atoms with van der Waals surface area (Å²) in [6.07, 6.45) is 0. The molecule has 3 nitrogen and oxygen atoms in total. The van der Waals surface area contributed by atoms with Crippen LogP contribution in [0.5, 0.6) is 0 Å². The summed E-state index contributed by atoms with van der Waals surface area (Å²) in [6, 6.07) is 81.8. The predicted octanol–water partition coefficient (Wildman–Crippen LogP) is 16.6. The van der Waals surface area contributed by atoms with Gasteiger partial charge in [-0.25, -0.2) is 9.97 Å². The molecular weight excluding hydrogens is 787 g/mol. The van der Waals surface area contributed by atoms with E-state index in [1.54, 1.807) is 0 Å². The van der Waals surface area contributed by atoms with Crippen molar-refractivity contribution in [1.29, 1.82) is 0 Å². The largest absolute Gasteiger partial charge is 0.294 e. The van der Waals surface area contributed by atoms with Crippen molar-refractivity contribution in [3.63, 3.8) is 0 Å². The summed E-state index contributed by atoms with van der Waals surface area (Å²) in [5, 5.41) is 17.9. The van der Waals surface area contributed by atoms with Crippen molar-refractivity contribution in [3.05, 3.63) is 224 Å². The van der Waals surface area contributed by atoms with Crippen molar-refractivity contribution in [2.24, 2.45) is 0 Å². The van der Waals surface area contributed by atoms with Crippen LogP contribution in [0.2, 0.25) is 0 Å². The molecule has 12 aromatic carbocycles. The Hall–Kier alpha value is -8.66. The summed E-state index contributed by atoms with van der Waals surface area (Å²) in [5.74, 6) is 1.53. The Morgan fingerprint density at radius 3 is 1.37 bits per heavy atom. The molecule has 65 heavy (non-hydrogen) atoms. The van der Waals surface area contributed by atoms with Gasteiger partial charge in [0.1, 0.15) is 5.82 Å². The first-order valence-electron chi connectivity index (χ1n) is 22.3. The number of fused-ring (bicyclic) bond motifs is 5.